The lowest BCUT2D eigenvalue weighted by atomic mass is 10.1. The number of fused-ring (bicyclic) bond motifs is 1. The van der Waals surface area contributed by atoms with Crippen LogP contribution in [-0.2, 0) is 16.1 Å². The SMILES string of the molecule is CCOC(=O)c1cc(CN2C(=O)c3ccccc3C2=O)sc1NC(=O)C(C)C. The van der Waals surface area contributed by atoms with Gasteiger partial charge in [0.25, 0.3) is 11.8 Å². The minimum atomic E-state index is -0.564. The maximum Gasteiger partial charge on any atom is 0.341 e. The quantitative estimate of drug-likeness (QED) is 0.593. The van der Waals surface area contributed by atoms with E-state index in [1.54, 1.807) is 51.1 Å². The van der Waals surface area contributed by atoms with Gasteiger partial charge >= 0.3 is 5.97 Å². The lowest BCUT2D eigenvalue weighted by molar-refractivity contribution is -0.118. The summed E-state index contributed by atoms with van der Waals surface area (Å²) < 4.78 is 5.06. The summed E-state index contributed by atoms with van der Waals surface area (Å²) in [5, 5.41) is 3.08. The number of nitrogens with zero attached hydrogens (tertiary/aromatic N) is 1. The Kier molecular flexibility index (Phi) is 5.60. The summed E-state index contributed by atoms with van der Waals surface area (Å²) in [5.74, 6) is -1.82. The van der Waals surface area contributed by atoms with Crippen LogP contribution in [0.3, 0.4) is 0 Å². The van der Waals surface area contributed by atoms with Gasteiger partial charge in [0.1, 0.15) is 5.00 Å². The summed E-state index contributed by atoms with van der Waals surface area (Å²) in [7, 11) is 0. The number of imide groups is 1. The Bertz CT molecular complexity index is 928. The number of carbonyl (C=O) groups is 4. The highest BCUT2D eigenvalue weighted by Gasteiger charge is 2.35. The van der Waals surface area contributed by atoms with E-state index < -0.39 is 5.97 Å². The molecule has 7 nitrogen and oxygen atoms in total. The second-order valence-electron chi connectivity index (χ2n) is 6.56. The lowest BCUT2D eigenvalue weighted by Crippen LogP contribution is -2.28. The molecule has 8 heteroatoms. The zero-order valence-corrected chi connectivity index (χ0v) is 16.6. The summed E-state index contributed by atoms with van der Waals surface area (Å²) >= 11 is 1.15. The molecular weight excluding hydrogens is 380 g/mol. The molecule has 1 N–H and O–H groups in total. The highest BCUT2D eigenvalue weighted by molar-refractivity contribution is 7.16. The molecule has 2 heterocycles. The van der Waals surface area contributed by atoms with Gasteiger partial charge in [-0.15, -0.1) is 11.3 Å². The van der Waals surface area contributed by atoms with E-state index in [4.69, 9.17) is 4.74 Å². The molecule has 28 heavy (non-hydrogen) atoms. The van der Waals surface area contributed by atoms with E-state index in [1.807, 2.05) is 0 Å². The first-order valence-corrected chi connectivity index (χ1v) is 9.71. The number of thiophene rings is 1. The van der Waals surface area contributed by atoms with Crippen molar-refractivity contribution in [3.63, 3.8) is 0 Å². The second kappa shape index (κ2) is 7.93. The Morgan fingerprint density at radius 1 is 1.14 bits per heavy atom. The number of benzene rings is 1. The molecule has 3 amide bonds. The first kappa shape index (κ1) is 19.8. The molecule has 0 unspecified atom stereocenters. The van der Waals surface area contributed by atoms with Gasteiger partial charge in [0.15, 0.2) is 0 Å². The van der Waals surface area contributed by atoms with E-state index in [2.05, 4.69) is 5.32 Å². The van der Waals surface area contributed by atoms with Crippen molar-refractivity contribution >= 4 is 40.0 Å². The molecule has 1 aliphatic rings. The monoisotopic (exact) mass is 400 g/mol. The van der Waals surface area contributed by atoms with Crippen LogP contribution in [0.2, 0.25) is 0 Å². The van der Waals surface area contributed by atoms with E-state index in [9.17, 15) is 19.2 Å². The first-order valence-electron chi connectivity index (χ1n) is 8.89. The standard InChI is InChI=1S/C20H20N2O5S/c1-4-27-20(26)15-9-12(28-17(15)21-16(23)11(2)3)10-22-18(24)13-7-5-6-8-14(13)19(22)25/h5-9,11H,4,10H2,1-3H3,(H,21,23). The predicted molar refractivity (Wildman–Crippen MR) is 104 cm³/mol. The molecular formula is C20H20N2O5S. The van der Waals surface area contributed by atoms with Crippen LogP contribution in [0.5, 0.6) is 0 Å². The average molecular weight is 400 g/mol. The normalized spacial score (nSPS) is 13.1. The smallest absolute Gasteiger partial charge is 0.341 e. The Hall–Kier alpha value is -3.00. The zero-order chi connectivity index (χ0) is 20.4. The third-order valence-corrected chi connectivity index (χ3v) is 5.27. The van der Waals surface area contributed by atoms with E-state index in [0.29, 0.717) is 21.0 Å². The fourth-order valence-electron chi connectivity index (χ4n) is 2.77. The van der Waals surface area contributed by atoms with Gasteiger partial charge < -0.3 is 10.1 Å². The van der Waals surface area contributed by atoms with E-state index >= 15 is 0 Å². The molecule has 0 saturated carbocycles. The summed E-state index contributed by atoms with van der Waals surface area (Å²) in [5.41, 5.74) is 0.943. The van der Waals surface area contributed by atoms with Gasteiger partial charge in [-0.25, -0.2) is 4.79 Å². The molecule has 0 bridgehead atoms. The van der Waals surface area contributed by atoms with Crippen LogP contribution in [-0.4, -0.2) is 35.2 Å². The van der Waals surface area contributed by atoms with Crippen LogP contribution in [0.4, 0.5) is 5.00 Å². The maximum absolute atomic E-state index is 12.6. The fourth-order valence-corrected chi connectivity index (χ4v) is 3.80. The van der Waals surface area contributed by atoms with Crippen molar-refractivity contribution in [2.75, 3.05) is 11.9 Å². The zero-order valence-electron chi connectivity index (χ0n) is 15.8. The van der Waals surface area contributed by atoms with Gasteiger partial charge in [-0.05, 0) is 25.1 Å². The fraction of sp³-hybridized carbons (Fsp3) is 0.300. The predicted octanol–water partition coefficient (Wildman–Crippen LogP) is 3.32. The van der Waals surface area contributed by atoms with Crippen LogP contribution < -0.4 is 5.32 Å². The molecule has 1 aliphatic heterocycles. The van der Waals surface area contributed by atoms with Crippen LogP contribution >= 0.6 is 11.3 Å². The van der Waals surface area contributed by atoms with Gasteiger partial charge in [-0.2, -0.15) is 0 Å². The van der Waals surface area contributed by atoms with Crippen molar-refractivity contribution in [3.05, 3.63) is 51.9 Å². The molecule has 3 rings (SSSR count). The van der Waals surface area contributed by atoms with Crippen LogP contribution in [0.15, 0.2) is 30.3 Å². The van der Waals surface area contributed by atoms with Gasteiger partial charge in [0, 0.05) is 10.8 Å². The van der Waals surface area contributed by atoms with Crippen molar-refractivity contribution in [2.24, 2.45) is 5.92 Å². The Morgan fingerprint density at radius 3 is 2.29 bits per heavy atom. The van der Waals surface area contributed by atoms with Gasteiger partial charge in [0.05, 0.1) is 29.8 Å². The number of esters is 1. The molecule has 146 valence electrons. The molecule has 0 aliphatic carbocycles. The highest BCUT2D eigenvalue weighted by atomic mass is 32.1. The van der Waals surface area contributed by atoms with E-state index in [-0.39, 0.29) is 42.4 Å². The Labute approximate surface area is 166 Å². The van der Waals surface area contributed by atoms with Gasteiger partial charge in [0.2, 0.25) is 5.91 Å². The molecule has 0 fully saturated rings. The van der Waals surface area contributed by atoms with Crippen molar-refractivity contribution in [2.45, 2.75) is 27.3 Å². The van der Waals surface area contributed by atoms with Crippen molar-refractivity contribution in [1.29, 1.82) is 0 Å². The van der Waals surface area contributed by atoms with E-state index in [0.717, 1.165) is 16.2 Å². The number of hydrogen-bond acceptors (Lipinski definition) is 6. The molecule has 1 aromatic heterocycles. The highest BCUT2D eigenvalue weighted by Crippen LogP contribution is 2.32. The molecule has 0 radical (unpaired) electrons. The van der Waals surface area contributed by atoms with Crippen molar-refractivity contribution < 1.29 is 23.9 Å². The van der Waals surface area contributed by atoms with Gasteiger partial charge in [-0.3, -0.25) is 19.3 Å². The summed E-state index contributed by atoms with van der Waals surface area (Å²) in [6, 6.07) is 8.20. The number of ether oxygens (including phenoxy) is 1. The topological polar surface area (TPSA) is 92.8 Å². The van der Waals surface area contributed by atoms with Crippen molar-refractivity contribution in [1.82, 2.24) is 4.90 Å². The summed E-state index contributed by atoms with van der Waals surface area (Å²) in [6.45, 7) is 5.39. The molecule has 0 atom stereocenters. The molecule has 0 saturated heterocycles. The summed E-state index contributed by atoms with van der Waals surface area (Å²) in [6.07, 6.45) is 0. The summed E-state index contributed by atoms with van der Waals surface area (Å²) in [4.78, 5) is 51.2. The number of anilines is 1. The largest absolute Gasteiger partial charge is 0.462 e. The minimum absolute atomic E-state index is 0.0148. The first-order chi connectivity index (χ1) is 13.3. The Morgan fingerprint density at radius 2 is 1.75 bits per heavy atom. The minimum Gasteiger partial charge on any atom is -0.462 e. The number of rotatable bonds is 6. The third kappa shape index (κ3) is 3.68. The molecule has 1 aromatic carbocycles. The van der Waals surface area contributed by atoms with Crippen LogP contribution in [0, 0.1) is 5.92 Å². The number of nitrogens with one attached hydrogen (secondary N) is 1. The number of amides is 3. The third-order valence-electron chi connectivity index (χ3n) is 4.23. The number of hydrogen-bond donors (Lipinski definition) is 1. The van der Waals surface area contributed by atoms with Crippen LogP contribution in [0.25, 0.3) is 0 Å². The van der Waals surface area contributed by atoms with Crippen molar-refractivity contribution in [3.8, 4) is 0 Å². The number of carbonyl (C=O) groups excluding carboxylic acids is 4. The Balaban J connectivity index is 1.88. The van der Waals surface area contributed by atoms with E-state index in [1.165, 1.54) is 0 Å². The average Bonchev–Trinajstić information content (AvgIpc) is 3.17. The lowest BCUT2D eigenvalue weighted by Gasteiger charge is -2.12. The second-order valence-corrected chi connectivity index (χ2v) is 7.70. The molecule has 2 aromatic rings. The molecule has 0 spiro atoms. The maximum atomic E-state index is 12.6. The van der Waals surface area contributed by atoms with Gasteiger partial charge in [-0.1, -0.05) is 26.0 Å². The van der Waals surface area contributed by atoms with Crippen LogP contribution in [0.1, 0.15) is 56.7 Å².